The molecule has 0 aromatic carbocycles. The third-order valence-corrected chi connectivity index (χ3v) is 4.33. The Labute approximate surface area is 86.4 Å². The topological polar surface area (TPSA) is 12.0 Å². The van der Waals surface area contributed by atoms with Crippen LogP contribution in [0.25, 0.3) is 0 Å². The number of hydrogen-bond donors (Lipinski definition) is 1. The van der Waals surface area contributed by atoms with Gasteiger partial charge in [-0.1, -0.05) is 12.5 Å². The summed E-state index contributed by atoms with van der Waals surface area (Å²) in [5.41, 5.74) is 0. The van der Waals surface area contributed by atoms with Gasteiger partial charge in [0.1, 0.15) is 0 Å². The zero-order valence-electron chi connectivity index (χ0n) is 8.64. The van der Waals surface area contributed by atoms with Crippen LogP contribution in [0.3, 0.4) is 0 Å². The molecule has 0 amide bonds. The molecule has 1 saturated carbocycles. The van der Waals surface area contributed by atoms with Crippen molar-refractivity contribution in [1.29, 1.82) is 0 Å². The predicted octanol–water partition coefficient (Wildman–Crippen LogP) is 2.83. The first-order valence-electron chi connectivity index (χ1n) is 5.20. The van der Waals surface area contributed by atoms with E-state index in [9.17, 15) is 0 Å². The number of allylic oxidation sites excluding steroid dienone is 1. The van der Waals surface area contributed by atoms with Crippen LogP contribution in [-0.4, -0.2) is 24.1 Å². The van der Waals surface area contributed by atoms with Crippen LogP contribution in [0, 0.1) is 0 Å². The Morgan fingerprint density at radius 2 is 2.31 bits per heavy atom. The molecular weight excluding hydrogens is 178 g/mol. The van der Waals surface area contributed by atoms with Crippen molar-refractivity contribution in [3.05, 3.63) is 12.7 Å². The van der Waals surface area contributed by atoms with E-state index in [1.165, 1.54) is 32.2 Å². The molecule has 76 valence electrons. The number of rotatable bonds is 7. The van der Waals surface area contributed by atoms with Crippen molar-refractivity contribution >= 4 is 11.8 Å². The molecule has 1 N–H and O–H groups in total. The lowest BCUT2D eigenvalue weighted by atomic mass is 9.84. The van der Waals surface area contributed by atoms with E-state index in [-0.39, 0.29) is 0 Å². The van der Waals surface area contributed by atoms with E-state index in [1.54, 1.807) is 0 Å². The van der Waals surface area contributed by atoms with Crippen LogP contribution in [0.15, 0.2) is 12.7 Å². The van der Waals surface area contributed by atoms with Gasteiger partial charge in [0.15, 0.2) is 0 Å². The number of thioether (sulfide) groups is 1. The van der Waals surface area contributed by atoms with Gasteiger partial charge in [0.05, 0.1) is 0 Å². The van der Waals surface area contributed by atoms with Crippen LogP contribution in [0.4, 0.5) is 0 Å². The highest BCUT2D eigenvalue weighted by molar-refractivity contribution is 8.00. The maximum atomic E-state index is 3.72. The third-order valence-electron chi connectivity index (χ3n) is 2.91. The molecule has 2 heteroatoms. The highest BCUT2D eigenvalue weighted by Crippen LogP contribution is 2.42. The van der Waals surface area contributed by atoms with Gasteiger partial charge < -0.3 is 5.32 Å². The summed E-state index contributed by atoms with van der Waals surface area (Å²) in [7, 11) is 0. The van der Waals surface area contributed by atoms with Crippen LogP contribution >= 0.6 is 11.8 Å². The fourth-order valence-corrected chi connectivity index (χ4v) is 2.66. The van der Waals surface area contributed by atoms with Crippen LogP contribution in [0.1, 0.15) is 32.1 Å². The highest BCUT2D eigenvalue weighted by Gasteiger charge is 2.35. The van der Waals surface area contributed by atoms with Gasteiger partial charge in [-0.3, -0.25) is 0 Å². The first kappa shape index (κ1) is 11.1. The van der Waals surface area contributed by atoms with Crippen molar-refractivity contribution in [3.63, 3.8) is 0 Å². The Bertz CT molecular complexity index is 147. The largest absolute Gasteiger partial charge is 0.315 e. The summed E-state index contributed by atoms with van der Waals surface area (Å²) >= 11 is 2.04. The normalized spacial score (nSPS) is 19.5. The Hall–Kier alpha value is 0.0500. The summed E-state index contributed by atoms with van der Waals surface area (Å²) in [4.78, 5) is 0. The van der Waals surface area contributed by atoms with Crippen molar-refractivity contribution in [1.82, 2.24) is 5.32 Å². The number of hydrogen-bond acceptors (Lipinski definition) is 2. The fraction of sp³-hybridized carbons (Fsp3) is 0.818. The van der Waals surface area contributed by atoms with Gasteiger partial charge in [0.2, 0.25) is 0 Å². The molecule has 13 heavy (non-hydrogen) atoms. The lowest BCUT2D eigenvalue weighted by Crippen LogP contribution is -2.43. The second-order valence-corrected chi connectivity index (χ2v) is 5.12. The van der Waals surface area contributed by atoms with Crippen LogP contribution in [0.5, 0.6) is 0 Å². The first-order valence-corrected chi connectivity index (χ1v) is 6.42. The Morgan fingerprint density at radius 3 is 2.77 bits per heavy atom. The lowest BCUT2D eigenvalue weighted by Gasteiger charge is -2.40. The molecular formula is C11H21NS. The second kappa shape index (κ2) is 5.71. The predicted molar refractivity (Wildman–Crippen MR) is 62.4 cm³/mol. The number of unbranched alkanes of at least 4 members (excludes halogenated alkanes) is 1. The minimum absolute atomic E-state index is 0.591. The third kappa shape index (κ3) is 3.35. The zero-order chi connectivity index (χ0) is 9.57. The van der Waals surface area contributed by atoms with Gasteiger partial charge in [-0.25, -0.2) is 0 Å². The molecule has 0 aromatic heterocycles. The average molecular weight is 199 g/mol. The highest BCUT2D eigenvalue weighted by atomic mass is 32.2. The molecule has 0 unspecified atom stereocenters. The van der Waals surface area contributed by atoms with Crippen molar-refractivity contribution in [2.24, 2.45) is 0 Å². The zero-order valence-corrected chi connectivity index (χ0v) is 9.46. The summed E-state index contributed by atoms with van der Waals surface area (Å²) in [6, 6.07) is 0. The van der Waals surface area contributed by atoms with Gasteiger partial charge in [-0.15, -0.1) is 6.58 Å². The first-order chi connectivity index (χ1) is 6.33. The van der Waals surface area contributed by atoms with E-state index >= 15 is 0 Å². The maximum absolute atomic E-state index is 3.72. The van der Waals surface area contributed by atoms with Crippen molar-refractivity contribution in [2.75, 3.05) is 19.3 Å². The molecule has 0 aromatic rings. The average Bonchev–Trinajstić information content (AvgIpc) is 2.09. The molecule has 1 aliphatic rings. The summed E-state index contributed by atoms with van der Waals surface area (Å²) < 4.78 is 0.591. The molecule has 1 rings (SSSR count). The van der Waals surface area contributed by atoms with Crippen molar-refractivity contribution in [2.45, 2.75) is 36.9 Å². The molecule has 0 aliphatic heterocycles. The van der Waals surface area contributed by atoms with E-state index in [0.29, 0.717) is 4.75 Å². The standard InChI is InChI=1S/C11H21NS/c1-3-4-5-9-12-10-11(13-2)7-6-8-11/h3,12H,1,4-10H2,2H3. The van der Waals surface area contributed by atoms with Gasteiger partial charge in [-0.05, 0) is 38.5 Å². The molecule has 0 atom stereocenters. The molecule has 1 fully saturated rings. The van der Waals surface area contributed by atoms with Crippen molar-refractivity contribution in [3.8, 4) is 0 Å². The summed E-state index contributed by atoms with van der Waals surface area (Å²) in [6.45, 7) is 6.07. The van der Waals surface area contributed by atoms with Crippen LogP contribution in [0.2, 0.25) is 0 Å². The number of nitrogens with one attached hydrogen (secondary N) is 1. The van der Waals surface area contributed by atoms with Crippen LogP contribution < -0.4 is 5.32 Å². The summed E-state index contributed by atoms with van der Waals surface area (Å²) in [6.07, 6.45) is 10.8. The SMILES string of the molecule is C=CCCCNCC1(SC)CCC1. The van der Waals surface area contributed by atoms with Gasteiger partial charge in [0.25, 0.3) is 0 Å². The molecule has 0 spiro atoms. The van der Waals surface area contributed by atoms with Gasteiger partial charge in [0, 0.05) is 11.3 Å². The smallest absolute Gasteiger partial charge is 0.0281 e. The molecule has 1 aliphatic carbocycles. The van der Waals surface area contributed by atoms with Crippen LogP contribution in [-0.2, 0) is 0 Å². The van der Waals surface area contributed by atoms with Gasteiger partial charge in [-0.2, -0.15) is 11.8 Å². The molecule has 0 heterocycles. The summed E-state index contributed by atoms with van der Waals surface area (Å²) in [5.74, 6) is 0. The minimum atomic E-state index is 0.591. The lowest BCUT2D eigenvalue weighted by molar-refractivity contribution is 0.346. The fourth-order valence-electron chi connectivity index (χ4n) is 1.71. The Kier molecular flexibility index (Phi) is 4.89. The Morgan fingerprint density at radius 1 is 1.54 bits per heavy atom. The Balaban J connectivity index is 2.00. The second-order valence-electron chi connectivity index (χ2n) is 3.85. The molecule has 1 nitrogen and oxygen atoms in total. The van der Waals surface area contributed by atoms with E-state index in [4.69, 9.17) is 0 Å². The maximum Gasteiger partial charge on any atom is 0.0281 e. The quantitative estimate of drug-likeness (QED) is 0.500. The molecule has 0 radical (unpaired) electrons. The summed E-state index contributed by atoms with van der Waals surface area (Å²) in [5, 5.41) is 3.55. The van der Waals surface area contributed by atoms with E-state index in [0.717, 1.165) is 13.0 Å². The minimum Gasteiger partial charge on any atom is -0.315 e. The molecule has 0 bridgehead atoms. The van der Waals surface area contributed by atoms with Crippen molar-refractivity contribution < 1.29 is 0 Å². The molecule has 0 saturated heterocycles. The monoisotopic (exact) mass is 199 g/mol. The van der Waals surface area contributed by atoms with Gasteiger partial charge >= 0.3 is 0 Å². The van der Waals surface area contributed by atoms with E-state index in [1.807, 2.05) is 17.8 Å². The van der Waals surface area contributed by atoms with E-state index in [2.05, 4.69) is 18.2 Å². The van der Waals surface area contributed by atoms with E-state index < -0.39 is 0 Å².